The zero-order chi connectivity index (χ0) is 11.7. The Morgan fingerprint density at radius 1 is 1.19 bits per heavy atom. The molecule has 3 N–H and O–H groups in total. The van der Waals surface area contributed by atoms with Gasteiger partial charge in [-0.2, -0.15) is 0 Å². The van der Waals surface area contributed by atoms with Crippen LogP contribution in [0.2, 0.25) is 0 Å². The Kier molecular flexibility index (Phi) is 2.66. The van der Waals surface area contributed by atoms with Gasteiger partial charge in [0, 0.05) is 10.5 Å². The summed E-state index contributed by atoms with van der Waals surface area (Å²) in [5.41, 5.74) is 5.17. The van der Waals surface area contributed by atoms with E-state index in [-0.39, 0.29) is 5.82 Å². The average molecular weight is 282 g/mol. The highest BCUT2D eigenvalue weighted by Gasteiger charge is 2.04. The van der Waals surface area contributed by atoms with E-state index in [2.05, 4.69) is 20.9 Å². The van der Waals surface area contributed by atoms with Crippen LogP contribution in [-0.2, 0) is 0 Å². The second-order valence-corrected chi connectivity index (χ2v) is 4.09. The quantitative estimate of drug-likeness (QED) is 0.814. The first-order chi connectivity index (χ1) is 7.58. The fraction of sp³-hybridized carbons (Fsp3) is 0. The molecule has 0 saturated heterocycles. The third-order valence-corrected chi connectivity index (χ3v) is 2.58. The van der Waals surface area contributed by atoms with E-state index >= 15 is 0 Å². The summed E-state index contributed by atoms with van der Waals surface area (Å²) in [6.07, 6.45) is 0. The van der Waals surface area contributed by atoms with E-state index in [4.69, 9.17) is 5.73 Å². The Hall–Kier alpha value is -1.82. The van der Waals surface area contributed by atoms with Gasteiger partial charge in [0.25, 0.3) is 5.56 Å². The van der Waals surface area contributed by atoms with Crippen molar-refractivity contribution in [2.75, 3.05) is 5.73 Å². The van der Waals surface area contributed by atoms with Crippen LogP contribution in [0, 0.1) is 0 Å². The van der Waals surface area contributed by atoms with Crippen molar-refractivity contribution in [2.45, 2.75) is 0 Å². The molecule has 1 aromatic heterocycles. The number of nitrogens with one attached hydrogen (secondary N) is 1. The summed E-state index contributed by atoms with van der Waals surface area (Å²) in [6.45, 7) is 0. The molecule has 16 heavy (non-hydrogen) atoms. The maximum atomic E-state index is 11.6. The van der Waals surface area contributed by atoms with Gasteiger partial charge in [-0.05, 0) is 24.3 Å². The van der Waals surface area contributed by atoms with Gasteiger partial charge in [0.15, 0.2) is 0 Å². The van der Waals surface area contributed by atoms with Crippen molar-refractivity contribution >= 4 is 21.7 Å². The lowest BCUT2D eigenvalue weighted by Gasteiger charge is -2.07. The monoisotopic (exact) mass is 281 g/mol. The number of rotatable bonds is 1. The molecule has 0 radical (unpaired) electrons. The number of nitrogens with two attached hydrogens (primary N) is 1. The average Bonchev–Trinajstić information content (AvgIpc) is 2.19. The smallest absolute Gasteiger partial charge is 0.334 e. The lowest BCUT2D eigenvalue weighted by Crippen LogP contribution is -2.30. The molecule has 0 bridgehead atoms. The van der Waals surface area contributed by atoms with Crippen LogP contribution < -0.4 is 17.0 Å². The van der Waals surface area contributed by atoms with Crippen molar-refractivity contribution in [3.63, 3.8) is 0 Å². The maximum absolute atomic E-state index is 11.6. The van der Waals surface area contributed by atoms with Crippen LogP contribution in [0.5, 0.6) is 0 Å². The lowest BCUT2D eigenvalue weighted by molar-refractivity contribution is 0.908. The van der Waals surface area contributed by atoms with Crippen molar-refractivity contribution in [2.24, 2.45) is 0 Å². The Morgan fingerprint density at radius 2 is 1.81 bits per heavy atom. The third kappa shape index (κ3) is 1.92. The summed E-state index contributed by atoms with van der Waals surface area (Å²) in [7, 11) is 0. The number of anilines is 1. The Labute approximate surface area is 98.7 Å². The van der Waals surface area contributed by atoms with Crippen molar-refractivity contribution in [1.29, 1.82) is 0 Å². The molecule has 82 valence electrons. The molecule has 0 aliphatic heterocycles. The number of H-pyrrole nitrogens is 1. The molecule has 5 nitrogen and oxygen atoms in total. The largest absolute Gasteiger partial charge is 0.385 e. The van der Waals surface area contributed by atoms with E-state index in [9.17, 15) is 9.59 Å². The minimum atomic E-state index is -0.549. The predicted octanol–water partition coefficient (Wildman–Crippen LogP) is 0.870. The predicted molar refractivity (Wildman–Crippen MR) is 64.8 cm³/mol. The molecule has 6 heteroatoms. The molecule has 0 unspecified atom stereocenters. The summed E-state index contributed by atoms with van der Waals surface area (Å²) >= 11 is 3.29. The summed E-state index contributed by atoms with van der Waals surface area (Å²) in [4.78, 5) is 24.7. The molecule has 0 saturated carbocycles. The molecule has 2 aromatic rings. The molecule has 0 amide bonds. The molecule has 0 fully saturated rings. The number of aromatic amines is 1. The molecule has 1 heterocycles. The number of hydrogen-bond acceptors (Lipinski definition) is 3. The highest BCUT2D eigenvalue weighted by molar-refractivity contribution is 9.10. The number of nitrogens with zero attached hydrogens (tertiary/aromatic N) is 1. The Morgan fingerprint density at radius 3 is 2.38 bits per heavy atom. The highest BCUT2D eigenvalue weighted by Crippen LogP contribution is 2.14. The molecular weight excluding hydrogens is 274 g/mol. The van der Waals surface area contributed by atoms with Gasteiger partial charge in [-0.15, -0.1) is 0 Å². The van der Waals surface area contributed by atoms with Crippen molar-refractivity contribution in [3.05, 3.63) is 55.6 Å². The van der Waals surface area contributed by atoms with Crippen molar-refractivity contribution in [1.82, 2.24) is 9.55 Å². The number of benzene rings is 1. The van der Waals surface area contributed by atoms with Crippen LogP contribution in [0.25, 0.3) is 5.69 Å². The lowest BCUT2D eigenvalue weighted by atomic mass is 10.3. The first kappa shape index (κ1) is 10.7. The van der Waals surface area contributed by atoms with Crippen LogP contribution in [0.1, 0.15) is 0 Å². The van der Waals surface area contributed by atoms with E-state index in [1.54, 1.807) is 24.3 Å². The minimum Gasteiger partial charge on any atom is -0.385 e. The summed E-state index contributed by atoms with van der Waals surface area (Å²) < 4.78 is 2.13. The molecule has 2 rings (SSSR count). The molecule has 1 aromatic carbocycles. The maximum Gasteiger partial charge on any atom is 0.334 e. The fourth-order valence-corrected chi connectivity index (χ4v) is 1.63. The first-order valence-corrected chi connectivity index (χ1v) is 5.25. The topological polar surface area (TPSA) is 80.9 Å². The van der Waals surface area contributed by atoms with Crippen LogP contribution in [-0.4, -0.2) is 9.55 Å². The minimum absolute atomic E-state index is 0.107. The van der Waals surface area contributed by atoms with Gasteiger partial charge < -0.3 is 5.73 Å². The van der Waals surface area contributed by atoms with E-state index in [1.165, 1.54) is 10.6 Å². The van der Waals surface area contributed by atoms with Gasteiger partial charge in [0.2, 0.25) is 0 Å². The summed E-state index contributed by atoms with van der Waals surface area (Å²) in [5.74, 6) is 0.107. The molecule has 0 atom stereocenters. The highest BCUT2D eigenvalue weighted by atomic mass is 79.9. The SMILES string of the molecule is Nc1cc(=O)[nH]c(=O)n1-c1ccc(Br)cc1. The Bertz CT molecular complexity index is 628. The van der Waals surface area contributed by atoms with E-state index in [0.717, 1.165) is 4.47 Å². The second-order valence-electron chi connectivity index (χ2n) is 3.18. The van der Waals surface area contributed by atoms with E-state index < -0.39 is 11.2 Å². The molecule has 0 spiro atoms. The van der Waals surface area contributed by atoms with Gasteiger partial charge in [0.1, 0.15) is 5.82 Å². The van der Waals surface area contributed by atoms with Crippen LogP contribution in [0.4, 0.5) is 5.82 Å². The second kappa shape index (κ2) is 3.97. The standard InChI is InChI=1S/C10H8BrN3O2/c11-6-1-3-7(4-2-6)14-8(12)5-9(15)13-10(14)16/h1-5H,12H2,(H,13,15,16). The number of nitrogen functional groups attached to an aromatic ring is 1. The molecule has 0 aliphatic carbocycles. The van der Waals surface area contributed by atoms with Gasteiger partial charge in [0.05, 0.1) is 5.69 Å². The molecular formula is C10H8BrN3O2. The van der Waals surface area contributed by atoms with Gasteiger partial charge in [-0.1, -0.05) is 15.9 Å². The Balaban J connectivity index is 2.69. The zero-order valence-corrected chi connectivity index (χ0v) is 9.69. The fourth-order valence-electron chi connectivity index (χ4n) is 1.37. The van der Waals surface area contributed by atoms with Crippen molar-refractivity contribution in [3.8, 4) is 5.69 Å². The van der Waals surface area contributed by atoms with Gasteiger partial charge in [-0.3, -0.25) is 9.78 Å². The van der Waals surface area contributed by atoms with Crippen LogP contribution in [0.15, 0.2) is 44.4 Å². The first-order valence-electron chi connectivity index (χ1n) is 4.46. The van der Waals surface area contributed by atoms with Crippen LogP contribution in [0.3, 0.4) is 0 Å². The van der Waals surface area contributed by atoms with Crippen LogP contribution >= 0.6 is 15.9 Å². The zero-order valence-electron chi connectivity index (χ0n) is 8.11. The van der Waals surface area contributed by atoms with E-state index in [1.807, 2.05) is 0 Å². The van der Waals surface area contributed by atoms with Gasteiger partial charge in [-0.25, -0.2) is 9.36 Å². The van der Waals surface area contributed by atoms with Gasteiger partial charge >= 0.3 is 5.69 Å². The van der Waals surface area contributed by atoms with Crippen molar-refractivity contribution < 1.29 is 0 Å². The number of aromatic nitrogens is 2. The third-order valence-electron chi connectivity index (χ3n) is 2.06. The number of halogens is 1. The normalized spacial score (nSPS) is 10.3. The molecule has 0 aliphatic rings. The summed E-state index contributed by atoms with van der Waals surface area (Å²) in [6, 6.07) is 8.18. The summed E-state index contributed by atoms with van der Waals surface area (Å²) in [5, 5.41) is 0. The van der Waals surface area contributed by atoms with E-state index in [0.29, 0.717) is 5.69 Å². The number of hydrogen-bond donors (Lipinski definition) is 2.